The predicted molar refractivity (Wildman–Crippen MR) is 100 cm³/mol. The largest absolute Gasteiger partial charge is 0.356 e. The van der Waals surface area contributed by atoms with Gasteiger partial charge in [0.15, 0.2) is 5.96 Å². The minimum atomic E-state index is 0. The molecule has 5 nitrogen and oxygen atoms in total. The van der Waals surface area contributed by atoms with Crippen molar-refractivity contribution in [3.63, 3.8) is 0 Å². The lowest BCUT2D eigenvalue weighted by atomic mass is 10.2. The number of rotatable bonds is 9. The maximum absolute atomic E-state index is 11.5. The maximum Gasteiger partial charge on any atom is 0.243 e. The molecule has 0 aliphatic rings. The van der Waals surface area contributed by atoms with Crippen molar-refractivity contribution in [3.05, 3.63) is 0 Å². The summed E-state index contributed by atoms with van der Waals surface area (Å²) in [4.78, 5) is 17.4. The molecule has 1 amide bonds. The standard InChI is InChI=1S/C13H28N4OS.HI/c1-5-6-7-8-14-13(15-9-10-19-4)16-11-12(18)17(2)3;/h5-11H2,1-4H3,(H2,14,15,16);1H. The average Bonchev–Trinajstić information content (AvgIpc) is 2.39. The van der Waals surface area contributed by atoms with Crippen molar-refractivity contribution in [1.29, 1.82) is 0 Å². The quantitative estimate of drug-likeness (QED) is 0.261. The number of carbonyl (C=O) groups is 1. The van der Waals surface area contributed by atoms with Crippen molar-refractivity contribution >= 4 is 47.6 Å². The van der Waals surface area contributed by atoms with Gasteiger partial charge in [-0.2, -0.15) is 11.8 Å². The second-order valence-corrected chi connectivity index (χ2v) is 5.49. The second-order valence-electron chi connectivity index (χ2n) is 4.51. The van der Waals surface area contributed by atoms with Crippen molar-refractivity contribution in [3.8, 4) is 0 Å². The lowest BCUT2D eigenvalue weighted by Crippen LogP contribution is -2.40. The molecule has 20 heavy (non-hydrogen) atoms. The van der Waals surface area contributed by atoms with E-state index in [1.54, 1.807) is 30.8 Å². The predicted octanol–water partition coefficient (Wildman–Crippen LogP) is 1.78. The molecule has 0 aromatic rings. The number of aliphatic imine (C=N–C) groups is 1. The molecule has 0 aliphatic carbocycles. The normalized spacial score (nSPS) is 10.7. The Kier molecular flexibility index (Phi) is 16.8. The highest BCUT2D eigenvalue weighted by molar-refractivity contribution is 14.0. The van der Waals surface area contributed by atoms with Gasteiger partial charge in [0.05, 0.1) is 0 Å². The molecule has 0 heterocycles. The molecule has 0 saturated carbocycles. The van der Waals surface area contributed by atoms with E-state index in [4.69, 9.17) is 0 Å². The first kappa shape index (κ1) is 22.1. The smallest absolute Gasteiger partial charge is 0.243 e. The van der Waals surface area contributed by atoms with Crippen molar-refractivity contribution in [2.24, 2.45) is 4.99 Å². The molecule has 2 N–H and O–H groups in total. The zero-order chi connectivity index (χ0) is 14.5. The second kappa shape index (κ2) is 15.2. The Morgan fingerprint density at radius 1 is 1.20 bits per heavy atom. The van der Waals surface area contributed by atoms with E-state index in [1.165, 1.54) is 12.8 Å². The molecular weight excluding hydrogens is 387 g/mol. The summed E-state index contributed by atoms with van der Waals surface area (Å²) >= 11 is 1.78. The van der Waals surface area contributed by atoms with E-state index in [2.05, 4.69) is 28.8 Å². The van der Waals surface area contributed by atoms with Crippen LogP contribution in [-0.2, 0) is 4.79 Å². The van der Waals surface area contributed by atoms with Crippen LogP contribution in [0.2, 0.25) is 0 Å². The highest BCUT2D eigenvalue weighted by Gasteiger charge is 2.03. The number of halogens is 1. The summed E-state index contributed by atoms with van der Waals surface area (Å²) < 4.78 is 0. The molecular formula is C13H29IN4OS. The number of unbranched alkanes of at least 4 members (excludes halogenated alkanes) is 2. The van der Waals surface area contributed by atoms with Crippen LogP contribution in [0.15, 0.2) is 4.99 Å². The fraction of sp³-hybridized carbons (Fsp3) is 0.846. The van der Waals surface area contributed by atoms with Gasteiger partial charge < -0.3 is 15.5 Å². The van der Waals surface area contributed by atoms with Gasteiger partial charge in [-0.05, 0) is 12.7 Å². The molecule has 0 atom stereocenters. The van der Waals surface area contributed by atoms with Crippen LogP contribution >= 0.6 is 35.7 Å². The molecule has 0 radical (unpaired) electrons. The van der Waals surface area contributed by atoms with Crippen molar-refractivity contribution in [2.75, 3.05) is 45.7 Å². The Bertz CT molecular complexity index is 275. The Morgan fingerprint density at radius 2 is 1.85 bits per heavy atom. The number of amides is 1. The number of thioether (sulfide) groups is 1. The fourth-order valence-electron chi connectivity index (χ4n) is 1.32. The van der Waals surface area contributed by atoms with E-state index in [0.29, 0.717) is 0 Å². The van der Waals surface area contributed by atoms with Gasteiger partial charge in [0.2, 0.25) is 5.91 Å². The van der Waals surface area contributed by atoms with E-state index >= 15 is 0 Å². The van der Waals surface area contributed by atoms with E-state index in [0.717, 1.165) is 31.2 Å². The number of likely N-dealkylation sites (N-methyl/N-ethyl adjacent to an activating group) is 1. The molecule has 0 aliphatic heterocycles. The van der Waals surface area contributed by atoms with Gasteiger partial charge in [-0.25, -0.2) is 4.99 Å². The number of nitrogens with zero attached hydrogens (tertiary/aromatic N) is 2. The monoisotopic (exact) mass is 416 g/mol. The summed E-state index contributed by atoms with van der Waals surface area (Å²) in [5.74, 6) is 1.77. The van der Waals surface area contributed by atoms with Crippen molar-refractivity contribution < 1.29 is 4.79 Å². The van der Waals surface area contributed by atoms with Crippen LogP contribution in [0.3, 0.4) is 0 Å². The third-order valence-corrected chi connectivity index (χ3v) is 3.16. The van der Waals surface area contributed by atoms with Crippen molar-refractivity contribution in [1.82, 2.24) is 15.5 Å². The number of carbonyl (C=O) groups excluding carboxylic acids is 1. The van der Waals surface area contributed by atoms with Gasteiger partial charge in [-0.3, -0.25) is 4.79 Å². The van der Waals surface area contributed by atoms with Crippen LogP contribution in [0.4, 0.5) is 0 Å². The molecule has 0 fully saturated rings. The summed E-state index contributed by atoms with van der Waals surface area (Å²) in [6.07, 6.45) is 5.61. The zero-order valence-electron chi connectivity index (χ0n) is 13.1. The summed E-state index contributed by atoms with van der Waals surface area (Å²) in [6.45, 7) is 4.13. The Hall–Kier alpha value is -0.180. The van der Waals surface area contributed by atoms with Crippen LogP contribution in [0.25, 0.3) is 0 Å². The molecule has 0 spiro atoms. The van der Waals surface area contributed by atoms with Gasteiger partial charge in [0.1, 0.15) is 6.54 Å². The molecule has 0 aromatic heterocycles. The fourth-order valence-corrected chi connectivity index (χ4v) is 1.62. The van der Waals surface area contributed by atoms with E-state index in [-0.39, 0.29) is 36.4 Å². The van der Waals surface area contributed by atoms with Crippen molar-refractivity contribution in [2.45, 2.75) is 26.2 Å². The maximum atomic E-state index is 11.5. The first-order chi connectivity index (χ1) is 9.11. The number of nitrogens with one attached hydrogen (secondary N) is 2. The van der Waals surface area contributed by atoms with Gasteiger partial charge >= 0.3 is 0 Å². The van der Waals surface area contributed by atoms with Gasteiger partial charge in [-0.1, -0.05) is 19.8 Å². The lowest BCUT2D eigenvalue weighted by molar-refractivity contribution is -0.127. The minimum Gasteiger partial charge on any atom is -0.356 e. The Balaban J connectivity index is 0. The summed E-state index contributed by atoms with van der Waals surface area (Å²) in [5.41, 5.74) is 0. The topological polar surface area (TPSA) is 56.7 Å². The van der Waals surface area contributed by atoms with E-state index < -0.39 is 0 Å². The molecule has 7 heteroatoms. The van der Waals surface area contributed by atoms with Gasteiger partial charge in [0.25, 0.3) is 0 Å². The first-order valence-electron chi connectivity index (χ1n) is 6.83. The van der Waals surface area contributed by atoms with Gasteiger partial charge in [0, 0.05) is 32.9 Å². The lowest BCUT2D eigenvalue weighted by Gasteiger charge is -2.13. The summed E-state index contributed by atoms with van der Waals surface area (Å²) in [6, 6.07) is 0. The van der Waals surface area contributed by atoms with Crippen LogP contribution in [0.5, 0.6) is 0 Å². The van der Waals surface area contributed by atoms with Crippen LogP contribution in [0.1, 0.15) is 26.2 Å². The molecule has 120 valence electrons. The highest BCUT2D eigenvalue weighted by atomic mass is 127. The molecule has 0 bridgehead atoms. The molecule has 0 saturated heterocycles. The molecule has 0 unspecified atom stereocenters. The number of hydrogen-bond acceptors (Lipinski definition) is 3. The Labute approximate surface area is 144 Å². The van der Waals surface area contributed by atoms with Crippen LogP contribution < -0.4 is 10.6 Å². The first-order valence-corrected chi connectivity index (χ1v) is 8.22. The SMILES string of the molecule is CCCCCNC(=NCC(=O)N(C)C)NCCSC.I. The third kappa shape index (κ3) is 12.8. The zero-order valence-corrected chi connectivity index (χ0v) is 16.2. The minimum absolute atomic E-state index is 0. The van der Waals surface area contributed by atoms with Crippen LogP contribution in [-0.4, -0.2) is 62.5 Å². The van der Waals surface area contributed by atoms with Crippen LogP contribution in [0, 0.1) is 0 Å². The van der Waals surface area contributed by atoms with E-state index in [1.807, 2.05) is 0 Å². The average molecular weight is 416 g/mol. The van der Waals surface area contributed by atoms with Gasteiger partial charge in [-0.15, -0.1) is 24.0 Å². The highest BCUT2D eigenvalue weighted by Crippen LogP contribution is 1.92. The molecule has 0 rings (SSSR count). The third-order valence-electron chi connectivity index (χ3n) is 2.54. The Morgan fingerprint density at radius 3 is 2.40 bits per heavy atom. The number of guanidine groups is 1. The summed E-state index contributed by atoms with van der Waals surface area (Å²) in [5, 5.41) is 6.51. The molecule has 0 aromatic carbocycles. The number of hydrogen-bond donors (Lipinski definition) is 2. The van der Waals surface area contributed by atoms with E-state index in [9.17, 15) is 4.79 Å². The summed E-state index contributed by atoms with van der Waals surface area (Å²) in [7, 11) is 3.49.